The fourth-order valence-electron chi connectivity index (χ4n) is 2.03. The van der Waals surface area contributed by atoms with Gasteiger partial charge in [0.1, 0.15) is 27.5 Å². The molecule has 0 radical (unpaired) electrons. The molecular weight excluding hydrogens is 552 g/mol. The number of nitrogens with zero attached hydrogens (tertiary/aromatic N) is 1. The van der Waals surface area contributed by atoms with Crippen molar-refractivity contribution in [3.05, 3.63) is 42.7 Å². The number of rotatable bonds is 6. The maximum atomic E-state index is 11.9. The largest absolute Gasteiger partial charge is 0.506 e. The Balaban J connectivity index is 2.00. The van der Waals surface area contributed by atoms with Gasteiger partial charge in [0.25, 0.3) is 5.91 Å². The Labute approximate surface area is 180 Å². The smallest absolute Gasteiger partial charge is 0.277 e. The molecule has 2 aromatic rings. The summed E-state index contributed by atoms with van der Waals surface area (Å²) in [7, 11) is 1.55. The SMILES string of the molecule is COc1ccc(OCC(=O)N/N=C\c2c(C)c(Br)c(O)c(Br)c2O)c(Br)c1. The average Bonchev–Trinajstić information content (AvgIpc) is 2.66. The zero-order valence-corrected chi connectivity index (χ0v) is 19.0. The first kappa shape index (κ1) is 21.5. The van der Waals surface area contributed by atoms with Crippen molar-refractivity contribution in [2.24, 2.45) is 5.10 Å². The Kier molecular flexibility index (Phi) is 7.51. The first-order valence-corrected chi connectivity index (χ1v) is 9.81. The normalized spacial score (nSPS) is 10.9. The summed E-state index contributed by atoms with van der Waals surface area (Å²) >= 11 is 9.65. The summed E-state index contributed by atoms with van der Waals surface area (Å²) in [6.45, 7) is 1.43. The van der Waals surface area contributed by atoms with E-state index in [0.29, 0.717) is 31.6 Å². The van der Waals surface area contributed by atoms with Gasteiger partial charge in [0.15, 0.2) is 6.61 Å². The molecule has 0 heterocycles. The van der Waals surface area contributed by atoms with Crippen molar-refractivity contribution in [2.75, 3.05) is 13.7 Å². The van der Waals surface area contributed by atoms with Crippen LogP contribution in [0.3, 0.4) is 0 Å². The number of methoxy groups -OCH3 is 1. The van der Waals surface area contributed by atoms with E-state index in [4.69, 9.17) is 9.47 Å². The second-order valence-corrected chi connectivity index (χ2v) is 7.68. The van der Waals surface area contributed by atoms with Crippen LogP contribution in [0, 0.1) is 6.92 Å². The van der Waals surface area contributed by atoms with Gasteiger partial charge in [-0.3, -0.25) is 4.79 Å². The number of hydrazone groups is 1. The molecule has 0 aliphatic carbocycles. The van der Waals surface area contributed by atoms with E-state index >= 15 is 0 Å². The molecule has 0 aliphatic rings. The molecule has 3 N–H and O–H groups in total. The molecule has 0 spiro atoms. The summed E-state index contributed by atoms with van der Waals surface area (Å²) in [6, 6.07) is 5.10. The first-order chi connectivity index (χ1) is 12.8. The van der Waals surface area contributed by atoms with Crippen molar-refractivity contribution in [1.29, 1.82) is 0 Å². The summed E-state index contributed by atoms with van der Waals surface area (Å²) in [5.74, 6) is 0.344. The van der Waals surface area contributed by atoms with Crippen LogP contribution in [0.25, 0.3) is 0 Å². The molecule has 2 rings (SSSR count). The molecule has 27 heavy (non-hydrogen) atoms. The highest BCUT2D eigenvalue weighted by molar-refractivity contribution is 9.11. The van der Waals surface area contributed by atoms with Crippen LogP contribution in [0.15, 0.2) is 36.7 Å². The van der Waals surface area contributed by atoms with E-state index in [9.17, 15) is 15.0 Å². The second kappa shape index (κ2) is 9.43. The van der Waals surface area contributed by atoms with Gasteiger partial charge in [-0.1, -0.05) is 0 Å². The van der Waals surface area contributed by atoms with Gasteiger partial charge in [-0.05, 0) is 78.5 Å². The molecule has 0 saturated carbocycles. The first-order valence-electron chi connectivity index (χ1n) is 7.44. The van der Waals surface area contributed by atoms with E-state index in [1.54, 1.807) is 32.2 Å². The van der Waals surface area contributed by atoms with Crippen LogP contribution in [0.2, 0.25) is 0 Å². The third-order valence-corrected chi connectivity index (χ3v) is 5.83. The lowest BCUT2D eigenvalue weighted by Crippen LogP contribution is -2.24. The van der Waals surface area contributed by atoms with Gasteiger partial charge in [0.05, 0.1) is 22.3 Å². The van der Waals surface area contributed by atoms with Crippen molar-refractivity contribution in [2.45, 2.75) is 6.92 Å². The summed E-state index contributed by atoms with van der Waals surface area (Å²) in [5.41, 5.74) is 3.21. The van der Waals surface area contributed by atoms with Crippen LogP contribution in [0.1, 0.15) is 11.1 Å². The zero-order valence-electron chi connectivity index (χ0n) is 14.2. The molecule has 0 bridgehead atoms. The van der Waals surface area contributed by atoms with Crippen LogP contribution in [-0.4, -0.2) is 36.1 Å². The molecule has 0 fully saturated rings. The molecule has 1 amide bonds. The van der Waals surface area contributed by atoms with E-state index in [1.807, 2.05) is 0 Å². The summed E-state index contributed by atoms with van der Waals surface area (Å²) in [6.07, 6.45) is 1.28. The highest BCUT2D eigenvalue weighted by atomic mass is 79.9. The monoisotopic (exact) mass is 564 g/mol. The maximum Gasteiger partial charge on any atom is 0.277 e. The second-order valence-electron chi connectivity index (χ2n) is 5.24. The van der Waals surface area contributed by atoms with Gasteiger partial charge in [-0.15, -0.1) is 0 Å². The van der Waals surface area contributed by atoms with Crippen molar-refractivity contribution in [3.8, 4) is 23.0 Å². The minimum atomic E-state index is -0.483. The average molecular weight is 567 g/mol. The molecule has 0 unspecified atom stereocenters. The number of phenolic OH excluding ortho intramolecular Hbond substituents is 2. The van der Waals surface area contributed by atoms with Gasteiger partial charge in [-0.2, -0.15) is 5.10 Å². The summed E-state index contributed by atoms with van der Waals surface area (Å²) in [5, 5.41) is 23.8. The lowest BCUT2D eigenvalue weighted by atomic mass is 10.1. The summed E-state index contributed by atoms with van der Waals surface area (Å²) < 4.78 is 11.7. The molecule has 2 aromatic carbocycles. The van der Waals surface area contributed by atoms with E-state index < -0.39 is 5.91 Å². The van der Waals surface area contributed by atoms with Crippen molar-refractivity contribution < 1.29 is 24.5 Å². The number of ether oxygens (including phenoxy) is 2. The topological polar surface area (TPSA) is 100 Å². The quantitative estimate of drug-likeness (QED) is 0.359. The van der Waals surface area contributed by atoms with Crippen LogP contribution in [0.4, 0.5) is 0 Å². The third kappa shape index (κ3) is 5.14. The van der Waals surface area contributed by atoms with Crippen molar-refractivity contribution >= 4 is 59.9 Å². The molecular formula is C17H15Br3N2O5. The Morgan fingerprint density at radius 2 is 1.93 bits per heavy atom. The fourth-order valence-corrected chi connectivity index (χ4v) is 3.59. The lowest BCUT2D eigenvalue weighted by Gasteiger charge is -2.11. The van der Waals surface area contributed by atoms with Gasteiger partial charge in [0, 0.05) is 5.56 Å². The van der Waals surface area contributed by atoms with E-state index in [-0.39, 0.29) is 22.6 Å². The molecule has 0 aliphatic heterocycles. The van der Waals surface area contributed by atoms with Gasteiger partial charge in [0.2, 0.25) is 0 Å². The van der Waals surface area contributed by atoms with Crippen LogP contribution >= 0.6 is 47.8 Å². The van der Waals surface area contributed by atoms with Gasteiger partial charge in [-0.25, -0.2) is 5.43 Å². The third-order valence-electron chi connectivity index (χ3n) is 3.49. The predicted molar refractivity (Wildman–Crippen MR) is 112 cm³/mol. The van der Waals surface area contributed by atoms with E-state index in [0.717, 1.165) is 0 Å². The standard InChI is InChI=1S/C17H15Br3N2O5/c1-8-10(16(24)15(20)17(25)14(8)19)6-21-22-13(23)7-27-12-4-3-9(26-2)5-11(12)18/h3-6,24-25H,7H2,1-2H3,(H,22,23)/b21-6-. The molecule has 0 atom stereocenters. The molecule has 144 valence electrons. The van der Waals surface area contributed by atoms with Crippen molar-refractivity contribution in [1.82, 2.24) is 5.43 Å². The number of phenols is 2. The molecule has 0 aromatic heterocycles. The Morgan fingerprint density at radius 1 is 1.22 bits per heavy atom. The number of nitrogens with one attached hydrogen (secondary N) is 1. The number of benzene rings is 2. The zero-order chi connectivity index (χ0) is 20.1. The van der Waals surface area contributed by atoms with Crippen LogP contribution < -0.4 is 14.9 Å². The number of carbonyl (C=O) groups excluding carboxylic acids is 1. The molecule has 7 nitrogen and oxygen atoms in total. The number of halogens is 3. The number of hydrogen-bond donors (Lipinski definition) is 3. The number of aromatic hydroxyl groups is 2. The fraction of sp³-hybridized carbons (Fsp3) is 0.176. The Hall–Kier alpha value is -1.78. The number of carbonyl (C=O) groups is 1. The maximum absolute atomic E-state index is 11.9. The van der Waals surface area contributed by atoms with E-state index in [1.165, 1.54) is 6.21 Å². The van der Waals surface area contributed by atoms with Crippen LogP contribution in [-0.2, 0) is 4.79 Å². The predicted octanol–water partition coefficient (Wildman–Crippen LogP) is 4.23. The number of amides is 1. The minimum Gasteiger partial charge on any atom is -0.506 e. The lowest BCUT2D eigenvalue weighted by molar-refractivity contribution is -0.123. The summed E-state index contributed by atoms with van der Waals surface area (Å²) in [4.78, 5) is 11.9. The van der Waals surface area contributed by atoms with Gasteiger partial charge >= 0.3 is 0 Å². The molecule has 0 saturated heterocycles. The Morgan fingerprint density at radius 3 is 2.56 bits per heavy atom. The van der Waals surface area contributed by atoms with E-state index in [2.05, 4.69) is 58.3 Å². The minimum absolute atomic E-state index is 0.121. The number of hydrogen-bond acceptors (Lipinski definition) is 6. The Bertz CT molecular complexity index is 874. The van der Waals surface area contributed by atoms with Gasteiger partial charge < -0.3 is 19.7 Å². The van der Waals surface area contributed by atoms with Crippen LogP contribution in [0.5, 0.6) is 23.0 Å². The molecule has 10 heteroatoms. The highest BCUT2D eigenvalue weighted by Crippen LogP contribution is 2.43. The highest BCUT2D eigenvalue weighted by Gasteiger charge is 2.17. The van der Waals surface area contributed by atoms with Crippen molar-refractivity contribution in [3.63, 3.8) is 0 Å².